The maximum atomic E-state index is 10.6. The van der Waals surface area contributed by atoms with Gasteiger partial charge in [0.25, 0.3) is 5.95 Å². The minimum absolute atomic E-state index is 0.0571. The third kappa shape index (κ3) is 3.92. The Morgan fingerprint density at radius 1 is 1.14 bits per heavy atom. The minimum atomic E-state index is -1.27. The van der Waals surface area contributed by atoms with Crippen molar-refractivity contribution < 1.29 is 24.8 Å². The summed E-state index contributed by atoms with van der Waals surface area (Å²) in [4.78, 5) is 18.2. The standard InChI is InChI=1S/C22H24N8O5/c31-9-15-17(32)18(33)21(35-15)29-11-24-16-19(26-13-4-6-34-10-13)27-22(28-20(16)29)30-8-12(7-25-30)14-3-1-2-5-23-14/h1-3,5,7-8,11,13,15,17-18,21,31-33H,4,6,9-10H2,(H,26,27,28)/t13?,15-,17-,18-,21-/m1/s1. The number of aliphatic hydroxyl groups excluding tert-OH is 3. The summed E-state index contributed by atoms with van der Waals surface area (Å²) < 4.78 is 14.3. The average molecular weight is 480 g/mol. The normalized spacial score (nSPS) is 26.5. The number of hydrogen-bond acceptors (Lipinski definition) is 11. The molecule has 2 aliphatic heterocycles. The van der Waals surface area contributed by atoms with Crippen molar-refractivity contribution in [1.82, 2.24) is 34.3 Å². The summed E-state index contributed by atoms with van der Waals surface area (Å²) in [5.74, 6) is 0.760. The fourth-order valence-electron chi connectivity index (χ4n) is 4.34. The highest BCUT2D eigenvalue weighted by atomic mass is 16.6. The van der Waals surface area contributed by atoms with Crippen LogP contribution < -0.4 is 5.32 Å². The summed E-state index contributed by atoms with van der Waals surface area (Å²) in [6, 6.07) is 5.68. The van der Waals surface area contributed by atoms with Gasteiger partial charge in [0.1, 0.15) is 18.3 Å². The summed E-state index contributed by atoms with van der Waals surface area (Å²) in [6.45, 7) is 0.768. The molecular formula is C22H24N8O5. The average Bonchev–Trinajstić information content (AvgIpc) is 3.68. The van der Waals surface area contributed by atoms with E-state index < -0.39 is 31.1 Å². The van der Waals surface area contributed by atoms with E-state index >= 15 is 0 Å². The van der Waals surface area contributed by atoms with Crippen molar-refractivity contribution in [3.05, 3.63) is 43.1 Å². The first-order valence-corrected chi connectivity index (χ1v) is 11.3. The minimum Gasteiger partial charge on any atom is -0.394 e. The van der Waals surface area contributed by atoms with E-state index in [1.807, 2.05) is 18.2 Å². The Morgan fingerprint density at radius 3 is 2.80 bits per heavy atom. The van der Waals surface area contributed by atoms with Gasteiger partial charge in [-0.1, -0.05) is 6.07 Å². The molecule has 2 aliphatic rings. The molecule has 4 aromatic rings. The van der Waals surface area contributed by atoms with Gasteiger partial charge in [0.05, 0.1) is 37.5 Å². The van der Waals surface area contributed by atoms with Crippen LogP contribution in [0.15, 0.2) is 43.1 Å². The number of imidazole rings is 1. The van der Waals surface area contributed by atoms with Crippen molar-refractivity contribution in [2.75, 3.05) is 25.1 Å². The number of aliphatic hydroxyl groups is 3. The smallest absolute Gasteiger partial charge is 0.254 e. The van der Waals surface area contributed by atoms with Crippen molar-refractivity contribution >= 4 is 17.0 Å². The Kier molecular flexibility index (Phi) is 5.62. The summed E-state index contributed by atoms with van der Waals surface area (Å²) in [6.07, 6.45) is 3.03. The van der Waals surface area contributed by atoms with Gasteiger partial charge < -0.3 is 30.1 Å². The molecule has 2 saturated heterocycles. The van der Waals surface area contributed by atoms with Gasteiger partial charge in [-0.25, -0.2) is 9.67 Å². The van der Waals surface area contributed by atoms with Crippen LogP contribution in [0.2, 0.25) is 0 Å². The Hall–Kier alpha value is -3.49. The number of rotatable bonds is 6. The Labute approximate surface area is 199 Å². The Morgan fingerprint density at radius 2 is 2.06 bits per heavy atom. The highest BCUT2D eigenvalue weighted by molar-refractivity contribution is 5.84. The molecule has 5 atom stereocenters. The van der Waals surface area contributed by atoms with E-state index in [1.54, 1.807) is 18.6 Å². The molecule has 13 nitrogen and oxygen atoms in total. The van der Waals surface area contributed by atoms with E-state index in [-0.39, 0.29) is 12.0 Å². The molecule has 0 aromatic carbocycles. The number of aromatic nitrogens is 7. The zero-order valence-corrected chi connectivity index (χ0v) is 18.5. The molecule has 1 unspecified atom stereocenters. The van der Waals surface area contributed by atoms with E-state index in [1.165, 1.54) is 15.6 Å². The van der Waals surface area contributed by atoms with Gasteiger partial charge in [-0.15, -0.1) is 0 Å². The summed E-state index contributed by atoms with van der Waals surface area (Å²) in [5.41, 5.74) is 2.40. The van der Waals surface area contributed by atoms with Gasteiger partial charge in [-0.2, -0.15) is 15.1 Å². The quantitative estimate of drug-likeness (QED) is 0.291. The number of fused-ring (bicyclic) bond motifs is 1. The molecule has 0 aliphatic carbocycles. The second-order valence-electron chi connectivity index (χ2n) is 8.52. The molecule has 6 rings (SSSR count). The molecule has 2 fully saturated rings. The van der Waals surface area contributed by atoms with Gasteiger partial charge in [-0.3, -0.25) is 9.55 Å². The lowest BCUT2D eigenvalue weighted by Crippen LogP contribution is -2.33. The lowest BCUT2D eigenvalue weighted by Gasteiger charge is -2.17. The van der Waals surface area contributed by atoms with Crippen LogP contribution in [0.4, 0.5) is 5.82 Å². The van der Waals surface area contributed by atoms with Crippen molar-refractivity contribution in [1.29, 1.82) is 0 Å². The molecule has 0 spiro atoms. The lowest BCUT2D eigenvalue weighted by molar-refractivity contribution is -0.0511. The molecule has 13 heteroatoms. The van der Waals surface area contributed by atoms with Gasteiger partial charge in [0.15, 0.2) is 23.2 Å². The van der Waals surface area contributed by atoms with Crippen LogP contribution >= 0.6 is 0 Å². The number of nitrogens with one attached hydrogen (secondary N) is 1. The van der Waals surface area contributed by atoms with E-state index in [4.69, 9.17) is 9.47 Å². The maximum absolute atomic E-state index is 10.6. The monoisotopic (exact) mass is 480 g/mol. The van der Waals surface area contributed by atoms with E-state index in [9.17, 15) is 15.3 Å². The predicted molar refractivity (Wildman–Crippen MR) is 122 cm³/mol. The molecular weight excluding hydrogens is 456 g/mol. The summed E-state index contributed by atoms with van der Waals surface area (Å²) in [7, 11) is 0. The largest absolute Gasteiger partial charge is 0.394 e. The molecule has 0 saturated carbocycles. The SMILES string of the molecule is OC[C@H]1O[C@@H](n2cnc3c(NC4CCOC4)nc(-n4cc(-c5ccccn5)cn4)nc32)[C@H](O)[C@@H]1O. The number of nitrogens with zero attached hydrogens (tertiary/aromatic N) is 7. The number of anilines is 1. The molecule has 182 valence electrons. The molecule has 4 N–H and O–H groups in total. The van der Waals surface area contributed by atoms with E-state index in [0.29, 0.717) is 30.2 Å². The molecule has 0 bridgehead atoms. The van der Waals surface area contributed by atoms with Gasteiger partial charge >= 0.3 is 0 Å². The third-order valence-electron chi connectivity index (χ3n) is 6.22. The highest BCUT2D eigenvalue weighted by Gasteiger charge is 2.44. The zero-order chi connectivity index (χ0) is 23.9. The van der Waals surface area contributed by atoms with Gasteiger partial charge in [0, 0.05) is 24.6 Å². The number of ether oxygens (including phenoxy) is 2. The molecule has 0 amide bonds. The number of pyridine rings is 1. The Balaban J connectivity index is 1.44. The molecule has 0 radical (unpaired) electrons. The maximum Gasteiger partial charge on any atom is 0.254 e. The van der Waals surface area contributed by atoms with Crippen molar-refractivity contribution in [2.45, 2.75) is 37.0 Å². The fraction of sp³-hybridized carbons (Fsp3) is 0.409. The van der Waals surface area contributed by atoms with Crippen LogP contribution in [0.1, 0.15) is 12.6 Å². The zero-order valence-electron chi connectivity index (χ0n) is 18.5. The second kappa shape index (κ2) is 8.94. The summed E-state index contributed by atoms with van der Waals surface area (Å²) in [5, 5.41) is 38.1. The van der Waals surface area contributed by atoms with Gasteiger partial charge in [-0.05, 0) is 18.6 Å². The topological polar surface area (TPSA) is 165 Å². The van der Waals surface area contributed by atoms with Crippen LogP contribution in [0.5, 0.6) is 0 Å². The van der Waals surface area contributed by atoms with Crippen molar-refractivity contribution in [2.24, 2.45) is 0 Å². The molecule has 35 heavy (non-hydrogen) atoms. The first-order chi connectivity index (χ1) is 17.1. The molecule has 6 heterocycles. The third-order valence-corrected chi connectivity index (χ3v) is 6.22. The van der Waals surface area contributed by atoms with Crippen LogP contribution in [0.25, 0.3) is 28.4 Å². The van der Waals surface area contributed by atoms with Crippen molar-refractivity contribution in [3.63, 3.8) is 0 Å². The lowest BCUT2D eigenvalue weighted by atomic mass is 10.1. The second-order valence-corrected chi connectivity index (χ2v) is 8.52. The van der Waals surface area contributed by atoms with E-state index in [0.717, 1.165) is 17.7 Å². The van der Waals surface area contributed by atoms with Crippen molar-refractivity contribution in [3.8, 4) is 17.2 Å². The van der Waals surface area contributed by atoms with Crippen LogP contribution in [0.3, 0.4) is 0 Å². The van der Waals surface area contributed by atoms with E-state index in [2.05, 4.69) is 30.4 Å². The number of hydrogen-bond donors (Lipinski definition) is 4. The summed E-state index contributed by atoms with van der Waals surface area (Å²) >= 11 is 0. The van der Waals surface area contributed by atoms with Crippen LogP contribution in [-0.4, -0.2) is 93.8 Å². The predicted octanol–water partition coefficient (Wildman–Crippen LogP) is -0.114. The van der Waals surface area contributed by atoms with Gasteiger partial charge in [0.2, 0.25) is 0 Å². The Bertz CT molecular complexity index is 1320. The first-order valence-electron chi connectivity index (χ1n) is 11.3. The molecule has 4 aromatic heterocycles. The fourth-order valence-corrected chi connectivity index (χ4v) is 4.34. The van der Waals surface area contributed by atoms with Crippen LogP contribution in [0, 0.1) is 0 Å². The van der Waals surface area contributed by atoms with Crippen LogP contribution in [-0.2, 0) is 9.47 Å². The highest BCUT2D eigenvalue weighted by Crippen LogP contribution is 2.33. The first kappa shape index (κ1) is 22.0.